The highest BCUT2D eigenvalue weighted by molar-refractivity contribution is 5.77. The maximum Gasteiger partial charge on any atom is 0.236 e. The summed E-state index contributed by atoms with van der Waals surface area (Å²) in [4.78, 5) is 15.6. The molecule has 0 aliphatic carbocycles. The molecule has 1 fully saturated rings. The Morgan fingerprint density at radius 1 is 1.41 bits per heavy atom. The van der Waals surface area contributed by atoms with Gasteiger partial charge in [0.2, 0.25) is 5.91 Å². The minimum absolute atomic E-state index is 0.202. The predicted molar refractivity (Wildman–Crippen MR) is 71.0 cm³/mol. The van der Waals surface area contributed by atoms with Crippen LogP contribution >= 0.6 is 0 Å². The van der Waals surface area contributed by atoms with Gasteiger partial charge in [-0.3, -0.25) is 9.69 Å². The van der Waals surface area contributed by atoms with Crippen LogP contribution in [0.25, 0.3) is 0 Å². The molecule has 1 heterocycles. The third kappa shape index (κ3) is 5.50. The van der Waals surface area contributed by atoms with Gasteiger partial charge in [0, 0.05) is 14.1 Å². The van der Waals surface area contributed by atoms with Crippen LogP contribution < -0.4 is 5.32 Å². The van der Waals surface area contributed by atoms with E-state index in [4.69, 9.17) is 0 Å². The van der Waals surface area contributed by atoms with Gasteiger partial charge in [-0.1, -0.05) is 6.92 Å². The van der Waals surface area contributed by atoms with Gasteiger partial charge in [0.25, 0.3) is 0 Å². The highest BCUT2D eigenvalue weighted by atomic mass is 16.2. The van der Waals surface area contributed by atoms with Crippen molar-refractivity contribution in [1.29, 1.82) is 0 Å². The zero-order valence-electron chi connectivity index (χ0n) is 11.5. The van der Waals surface area contributed by atoms with Crippen molar-refractivity contribution in [3.63, 3.8) is 0 Å². The van der Waals surface area contributed by atoms with Crippen LogP contribution in [0.15, 0.2) is 0 Å². The Balaban J connectivity index is 2.23. The smallest absolute Gasteiger partial charge is 0.236 e. The van der Waals surface area contributed by atoms with Gasteiger partial charge in [-0.2, -0.15) is 0 Å². The van der Waals surface area contributed by atoms with Crippen molar-refractivity contribution in [2.45, 2.75) is 26.2 Å². The van der Waals surface area contributed by atoms with E-state index in [0.717, 1.165) is 25.6 Å². The van der Waals surface area contributed by atoms with Crippen LogP contribution in [0.1, 0.15) is 26.2 Å². The molecule has 0 saturated carbocycles. The lowest BCUT2D eigenvalue weighted by Gasteiger charge is -2.27. The van der Waals surface area contributed by atoms with E-state index in [1.54, 1.807) is 4.90 Å². The third-order valence-corrected chi connectivity index (χ3v) is 3.56. The molecule has 0 bridgehead atoms. The van der Waals surface area contributed by atoms with Crippen molar-refractivity contribution in [2.75, 3.05) is 46.8 Å². The van der Waals surface area contributed by atoms with Crippen LogP contribution in [0.2, 0.25) is 0 Å². The molecular weight excluding hydrogens is 214 g/mol. The average Bonchev–Trinajstić information content (AvgIpc) is 2.35. The van der Waals surface area contributed by atoms with Gasteiger partial charge in [0.1, 0.15) is 0 Å². The lowest BCUT2D eigenvalue weighted by molar-refractivity contribution is -0.129. The molecule has 1 rings (SSSR count). The molecule has 0 spiro atoms. The van der Waals surface area contributed by atoms with E-state index >= 15 is 0 Å². The summed E-state index contributed by atoms with van der Waals surface area (Å²) in [5.41, 5.74) is 0. The number of hydrogen-bond donors (Lipinski definition) is 1. The number of amides is 1. The first kappa shape index (κ1) is 14.5. The molecule has 0 aromatic carbocycles. The minimum atomic E-state index is 0.202. The Morgan fingerprint density at radius 2 is 2.18 bits per heavy atom. The van der Waals surface area contributed by atoms with Crippen molar-refractivity contribution in [2.24, 2.45) is 5.92 Å². The summed E-state index contributed by atoms with van der Waals surface area (Å²) in [6.45, 7) is 7.01. The third-order valence-electron chi connectivity index (χ3n) is 3.56. The largest absolute Gasteiger partial charge is 0.348 e. The normalized spacial score (nSPS) is 20.6. The number of carbonyl (C=O) groups excluding carboxylic acids is 1. The van der Waals surface area contributed by atoms with E-state index in [1.165, 1.54) is 25.8 Å². The molecule has 0 aromatic heterocycles. The van der Waals surface area contributed by atoms with Crippen molar-refractivity contribution in [3.8, 4) is 0 Å². The number of piperidine rings is 1. The maximum atomic E-state index is 11.6. The summed E-state index contributed by atoms with van der Waals surface area (Å²) < 4.78 is 0. The van der Waals surface area contributed by atoms with Crippen molar-refractivity contribution < 1.29 is 4.79 Å². The first-order valence-electron chi connectivity index (χ1n) is 6.76. The number of rotatable bonds is 6. The highest BCUT2D eigenvalue weighted by Crippen LogP contribution is 2.14. The summed E-state index contributed by atoms with van der Waals surface area (Å²) in [6, 6.07) is 0. The molecule has 1 saturated heterocycles. The molecular formula is C13H27N3O. The maximum absolute atomic E-state index is 11.6. The average molecular weight is 241 g/mol. The molecule has 4 nitrogen and oxygen atoms in total. The van der Waals surface area contributed by atoms with E-state index in [9.17, 15) is 4.79 Å². The monoisotopic (exact) mass is 241 g/mol. The topological polar surface area (TPSA) is 35.6 Å². The summed E-state index contributed by atoms with van der Waals surface area (Å²) in [5, 5.41) is 3.44. The van der Waals surface area contributed by atoms with Gasteiger partial charge in [-0.25, -0.2) is 0 Å². The second-order valence-electron chi connectivity index (χ2n) is 5.16. The standard InChI is InChI=1S/C13H27N3O/c1-4-16(11-13(17)15(2)3)9-7-12-6-5-8-14-10-12/h12,14H,4-11H2,1-3H3. The van der Waals surface area contributed by atoms with E-state index in [-0.39, 0.29) is 5.91 Å². The Bertz CT molecular complexity index is 225. The molecule has 17 heavy (non-hydrogen) atoms. The number of hydrogen-bond acceptors (Lipinski definition) is 3. The van der Waals surface area contributed by atoms with Gasteiger partial charge in [-0.05, 0) is 51.4 Å². The van der Waals surface area contributed by atoms with Crippen molar-refractivity contribution >= 4 is 5.91 Å². The lowest BCUT2D eigenvalue weighted by Crippen LogP contribution is -2.38. The van der Waals surface area contributed by atoms with Crippen LogP contribution in [-0.4, -0.2) is 62.5 Å². The molecule has 1 amide bonds. The minimum Gasteiger partial charge on any atom is -0.348 e. The van der Waals surface area contributed by atoms with E-state index in [2.05, 4.69) is 17.1 Å². The molecule has 1 N–H and O–H groups in total. The molecule has 1 aliphatic heterocycles. The quantitative estimate of drug-likeness (QED) is 0.747. The van der Waals surface area contributed by atoms with Crippen molar-refractivity contribution in [1.82, 2.24) is 15.1 Å². The van der Waals surface area contributed by atoms with Crippen LogP contribution in [0.5, 0.6) is 0 Å². The molecule has 0 aromatic rings. The predicted octanol–water partition coefficient (Wildman–Crippen LogP) is 0.786. The zero-order valence-corrected chi connectivity index (χ0v) is 11.5. The number of nitrogens with zero attached hydrogens (tertiary/aromatic N) is 2. The van der Waals surface area contributed by atoms with E-state index in [1.807, 2.05) is 14.1 Å². The molecule has 100 valence electrons. The fourth-order valence-corrected chi connectivity index (χ4v) is 2.22. The first-order valence-corrected chi connectivity index (χ1v) is 6.76. The summed E-state index contributed by atoms with van der Waals surface area (Å²) in [6.07, 6.45) is 3.85. The number of likely N-dealkylation sites (N-methyl/N-ethyl adjacent to an activating group) is 2. The fourth-order valence-electron chi connectivity index (χ4n) is 2.22. The van der Waals surface area contributed by atoms with Gasteiger partial charge < -0.3 is 10.2 Å². The van der Waals surface area contributed by atoms with E-state index in [0.29, 0.717) is 6.54 Å². The molecule has 0 radical (unpaired) electrons. The van der Waals surface area contributed by atoms with E-state index < -0.39 is 0 Å². The van der Waals surface area contributed by atoms with Crippen LogP contribution in [-0.2, 0) is 4.79 Å². The van der Waals surface area contributed by atoms with Crippen LogP contribution in [0.4, 0.5) is 0 Å². The number of nitrogens with one attached hydrogen (secondary N) is 1. The Hall–Kier alpha value is -0.610. The second-order valence-corrected chi connectivity index (χ2v) is 5.16. The van der Waals surface area contributed by atoms with Gasteiger partial charge in [-0.15, -0.1) is 0 Å². The Morgan fingerprint density at radius 3 is 2.71 bits per heavy atom. The lowest BCUT2D eigenvalue weighted by atomic mass is 9.96. The Kier molecular flexibility index (Phi) is 6.52. The summed E-state index contributed by atoms with van der Waals surface area (Å²) in [7, 11) is 3.64. The Labute approximate surface area is 105 Å². The summed E-state index contributed by atoms with van der Waals surface area (Å²) >= 11 is 0. The zero-order chi connectivity index (χ0) is 12.7. The van der Waals surface area contributed by atoms with Crippen LogP contribution in [0.3, 0.4) is 0 Å². The second kappa shape index (κ2) is 7.67. The van der Waals surface area contributed by atoms with Gasteiger partial charge in [0.15, 0.2) is 0 Å². The summed E-state index contributed by atoms with van der Waals surface area (Å²) in [5.74, 6) is 1.00. The SMILES string of the molecule is CCN(CCC1CCCNC1)CC(=O)N(C)C. The molecule has 1 unspecified atom stereocenters. The van der Waals surface area contributed by atoms with Crippen molar-refractivity contribution in [3.05, 3.63) is 0 Å². The fraction of sp³-hybridized carbons (Fsp3) is 0.923. The number of carbonyl (C=O) groups is 1. The molecule has 4 heteroatoms. The first-order chi connectivity index (χ1) is 8.13. The molecule has 1 aliphatic rings. The van der Waals surface area contributed by atoms with Gasteiger partial charge >= 0.3 is 0 Å². The molecule has 1 atom stereocenters. The highest BCUT2D eigenvalue weighted by Gasteiger charge is 2.15. The van der Waals surface area contributed by atoms with Gasteiger partial charge in [0.05, 0.1) is 6.54 Å². The van der Waals surface area contributed by atoms with Crippen LogP contribution in [0, 0.1) is 5.92 Å².